The lowest BCUT2D eigenvalue weighted by atomic mass is 10.2. The van der Waals surface area contributed by atoms with E-state index in [-0.39, 0.29) is 35.7 Å². The Morgan fingerprint density at radius 2 is 2.00 bits per heavy atom. The summed E-state index contributed by atoms with van der Waals surface area (Å²) in [6.45, 7) is 3.96. The zero-order valence-corrected chi connectivity index (χ0v) is 15.7. The summed E-state index contributed by atoms with van der Waals surface area (Å²) in [4.78, 5) is 36.1. The van der Waals surface area contributed by atoms with Crippen LogP contribution in [0.3, 0.4) is 0 Å². The molecule has 148 valence electrons. The van der Waals surface area contributed by atoms with Gasteiger partial charge in [0.25, 0.3) is 5.91 Å². The van der Waals surface area contributed by atoms with E-state index in [0.29, 0.717) is 12.5 Å². The fourth-order valence-corrected chi connectivity index (χ4v) is 2.54. The highest BCUT2D eigenvalue weighted by Crippen LogP contribution is 2.30. The number of rotatable bonds is 10. The van der Waals surface area contributed by atoms with Crippen molar-refractivity contribution in [2.75, 3.05) is 26.9 Å². The maximum Gasteiger partial charge on any atom is 0.344 e. The van der Waals surface area contributed by atoms with Crippen molar-refractivity contribution in [3.63, 3.8) is 0 Å². The Labute approximate surface area is 157 Å². The van der Waals surface area contributed by atoms with Gasteiger partial charge in [-0.1, -0.05) is 13.8 Å². The molecule has 0 saturated heterocycles. The smallest absolute Gasteiger partial charge is 0.344 e. The number of ether oxygens (including phenoxy) is 3. The van der Waals surface area contributed by atoms with E-state index < -0.39 is 17.5 Å². The van der Waals surface area contributed by atoms with Crippen LogP contribution in [0.4, 0.5) is 5.69 Å². The first-order valence-electron chi connectivity index (χ1n) is 8.72. The largest absolute Gasteiger partial charge is 0.490 e. The zero-order chi connectivity index (χ0) is 20.0. The normalized spacial score (nSPS) is 13.2. The molecule has 9 nitrogen and oxygen atoms in total. The SMILES string of the molecule is COc1cc(OCC(=O)OCC(=O)N(CC(C)C)C2CC2)ccc1[N+](=O)[O-]. The van der Waals surface area contributed by atoms with Crippen molar-refractivity contribution < 1.29 is 28.7 Å². The first kappa shape index (κ1) is 20.5. The van der Waals surface area contributed by atoms with Gasteiger partial charge in [0.1, 0.15) is 5.75 Å². The number of carbonyl (C=O) groups is 2. The standard InChI is InChI=1S/C18H24N2O7/c1-12(2)9-19(13-4-5-13)17(21)10-27-18(22)11-26-14-6-7-15(20(23)24)16(8-14)25-3/h6-8,12-13H,4-5,9-11H2,1-3H3. The number of benzene rings is 1. The van der Waals surface area contributed by atoms with Crippen LogP contribution in [-0.4, -0.2) is 54.6 Å². The molecule has 0 aliphatic heterocycles. The monoisotopic (exact) mass is 380 g/mol. The molecule has 1 aliphatic rings. The van der Waals surface area contributed by atoms with Gasteiger partial charge < -0.3 is 19.1 Å². The van der Waals surface area contributed by atoms with Gasteiger partial charge in [-0.3, -0.25) is 14.9 Å². The van der Waals surface area contributed by atoms with Crippen molar-refractivity contribution in [1.29, 1.82) is 0 Å². The lowest BCUT2D eigenvalue weighted by molar-refractivity contribution is -0.385. The van der Waals surface area contributed by atoms with Gasteiger partial charge in [0.05, 0.1) is 12.0 Å². The van der Waals surface area contributed by atoms with Crippen LogP contribution >= 0.6 is 0 Å². The number of nitro groups is 1. The molecule has 0 unspecified atom stereocenters. The minimum atomic E-state index is -0.694. The lowest BCUT2D eigenvalue weighted by Gasteiger charge is -2.24. The van der Waals surface area contributed by atoms with Gasteiger partial charge in [0, 0.05) is 24.7 Å². The number of methoxy groups -OCH3 is 1. The van der Waals surface area contributed by atoms with Gasteiger partial charge >= 0.3 is 11.7 Å². The second-order valence-corrected chi connectivity index (χ2v) is 6.71. The fourth-order valence-electron chi connectivity index (χ4n) is 2.54. The van der Waals surface area contributed by atoms with Crippen LogP contribution in [0.25, 0.3) is 0 Å². The molecule has 0 heterocycles. The molecule has 0 aromatic heterocycles. The van der Waals surface area contributed by atoms with Crippen LogP contribution in [0.5, 0.6) is 11.5 Å². The van der Waals surface area contributed by atoms with Gasteiger partial charge in [-0.15, -0.1) is 0 Å². The number of hydrogen-bond acceptors (Lipinski definition) is 7. The highest BCUT2D eigenvalue weighted by Gasteiger charge is 2.33. The lowest BCUT2D eigenvalue weighted by Crippen LogP contribution is -2.39. The molecular formula is C18H24N2O7. The van der Waals surface area contributed by atoms with E-state index in [9.17, 15) is 19.7 Å². The summed E-state index contributed by atoms with van der Waals surface area (Å²) in [7, 11) is 1.30. The Kier molecular flexibility index (Phi) is 6.98. The summed E-state index contributed by atoms with van der Waals surface area (Å²) in [5.74, 6) is -0.321. The van der Waals surface area contributed by atoms with Crippen LogP contribution < -0.4 is 9.47 Å². The molecule has 1 saturated carbocycles. The highest BCUT2D eigenvalue weighted by atomic mass is 16.6. The molecular weight excluding hydrogens is 356 g/mol. The maximum absolute atomic E-state index is 12.3. The number of esters is 1. The Morgan fingerprint density at radius 3 is 2.56 bits per heavy atom. The van der Waals surface area contributed by atoms with E-state index >= 15 is 0 Å². The van der Waals surface area contributed by atoms with Crippen LogP contribution in [0.1, 0.15) is 26.7 Å². The second-order valence-electron chi connectivity index (χ2n) is 6.71. The van der Waals surface area contributed by atoms with E-state index in [1.165, 1.54) is 25.3 Å². The van der Waals surface area contributed by atoms with E-state index in [4.69, 9.17) is 14.2 Å². The Bertz CT molecular complexity index is 701. The van der Waals surface area contributed by atoms with Crippen molar-refractivity contribution in [2.45, 2.75) is 32.7 Å². The predicted octanol–water partition coefficient (Wildman–Crippen LogP) is 2.17. The van der Waals surface area contributed by atoms with Crippen LogP contribution in [0, 0.1) is 16.0 Å². The molecule has 9 heteroatoms. The number of amides is 1. The second kappa shape index (κ2) is 9.20. The van der Waals surface area contributed by atoms with Gasteiger partial charge in [0.15, 0.2) is 13.2 Å². The van der Waals surface area contributed by atoms with Gasteiger partial charge in [-0.05, 0) is 24.8 Å². The molecule has 1 fully saturated rings. The minimum absolute atomic E-state index is 0.0230. The Hall–Kier alpha value is -2.84. The summed E-state index contributed by atoms with van der Waals surface area (Å²) in [6.07, 6.45) is 1.97. The first-order chi connectivity index (χ1) is 12.8. The fraction of sp³-hybridized carbons (Fsp3) is 0.556. The van der Waals surface area contributed by atoms with Crippen LogP contribution in [-0.2, 0) is 14.3 Å². The van der Waals surface area contributed by atoms with E-state index in [1.54, 1.807) is 4.90 Å². The van der Waals surface area contributed by atoms with Gasteiger partial charge in [-0.2, -0.15) is 0 Å². The third-order valence-corrected chi connectivity index (χ3v) is 3.93. The third kappa shape index (κ3) is 6.12. The van der Waals surface area contributed by atoms with Crippen molar-refractivity contribution in [3.8, 4) is 11.5 Å². The van der Waals surface area contributed by atoms with Crippen molar-refractivity contribution in [1.82, 2.24) is 4.90 Å². The third-order valence-electron chi connectivity index (χ3n) is 3.93. The summed E-state index contributed by atoms with van der Waals surface area (Å²) >= 11 is 0. The molecule has 0 spiro atoms. The van der Waals surface area contributed by atoms with Crippen molar-refractivity contribution in [2.24, 2.45) is 5.92 Å². The van der Waals surface area contributed by atoms with Crippen molar-refractivity contribution >= 4 is 17.6 Å². The summed E-state index contributed by atoms with van der Waals surface area (Å²) < 4.78 is 15.2. The molecule has 27 heavy (non-hydrogen) atoms. The van der Waals surface area contributed by atoms with Crippen molar-refractivity contribution in [3.05, 3.63) is 28.3 Å². The summed E-state index contributed by atoms with van der Waals surface area (Å²) in [6, 6.07) is 4.15. The molecule has 1 aliphatic carbocycles. The maximum atomic E-state index is 12.3. The van der Waals surface area contributed by atoms with Crippen LogP contribution in [0.2, 0.25) is 0 Å². The zero-order valence-electron chi connectivity index (χ0n) is 15.7. The van der Waals surface area contributed by atoms with Gasteiger partial charge in [0.2, 0.25) is 5.75 Å². The minimum Gasteiger partial charge on any atom is -0.490 e. The highest BCUT2D eigenvalue weighted by molar-refractivity contribution is 5.81. The Morgan fingerprint density at radius 1 is 1.30 bits per heavy atom. The molecule has 1 aromatic rings. The molecule has 1 aromatic carbocycles. The molecule has 0 atom stereocenters. The van der Waals surface area contributed by atoms with E-state index in [1.807, 2.05) is 13.8 Å². The quantitative estimate of drug-likeness (QED) is 0.348. The van der Waals surface area contributed by atoms with E-state index in [0.717, 1.165) is 12.8 Å². The molecule has 0 bridgehead atoms. The molecule has 0 N–H and O–H groups in total. The summed E-state index contributed by atoms with van der Waals surface area (Å²) in [5.41, 5.74) is -0.205. The topological polar surface area (TPSA) is 108 Å². The Balaban J connectivity index is 1.82. The van der Waals surface area contributed by atoms with Gasteiger partial charge in [-0.25, -0.2) is 4.79 Å². The van der Waals surface area contributed by atoms with Crippen LogP contribution in [0.15, 0.2) is 18.2 Å². The molecule has 0 radical (unpaired) electrons. The number of nitro benzene ring substituents is 1. The number of carbonyl (C=O) groups excluding carboxylic acids is 2. The predicted molar refractivity (Wildman–Crippen MR) is 95.7 cm³/mol. The van der Waals surface area contributed by atoms with E-state index in [2.05, 4.69) is 0 Å². The number of hydrogen-bond donors (Lipinski definition) is 0. The average molecular weight is 380 g/mol. The first-order valence-corrected chi connectivity index (χ1v) is 8.72. The number of nitrogens with zero attached hydrogens (tertiary/aromatic N) is 2. The summed E-state index contributed by atoms with van der Waals surface area (Å²) in [5, 5.41) is 10.9. The molecule has 1 amide bonds. The molecule has 2 rings (SSSR count). The average Bonchev–Trinajstić information content (AvgIpc) is 3.46.